The van der Waals surface area contributed by atoms with E-state index in [1.54, 1.807) is 12.1 Å². The average Bonchev–Trinajstić information content (AvgIpc) is 2.37. The SMILES string of the molecule is O=C(O)Cc1ccc(Cn2cncc(Br)c2=O)cc1. The number of carboxylic acid groups (broad SMARTS) is 1. The Bertz CT molecular complexity index is 650. The highest BCUT2D eigenvalue weighted by atomic mass is 79.9. The van der Waals surface area contributed by atoms with Crippen molar-refractivity contribution in [2.75, 3.05) is 0 Å². The van der Waals surface area contributed by atoms with Crippen LogP contribution < -0.4 is 5.56 Å². The van der Waals surface area contributed by atoms with Crippen LogP contribution in [0.4, 0.5) is 0 Å². The van der Waals surface area contributed by atoms with Crippen LogP contribution in [0, 0.1) is 0 Å². The van der Waals surface area contributed by atoms with Crippen molar-refractivity contribution in [3.63, 3.8) is 0 Å². The molecule has 1 aromatic carbocycles. The summed E-state index contributed by atoms with van der Waals surface area (Å²) >= 11 is 3.14. The van der Waals surface area contributed by atoms with Gasteiger partial charge in [0.2, 0.25) is 0 Å². The molecule has 0 bridgehead atoms. The van der Waals surface area contributed by atoms with Crippen molar-refractivity contribution in [1.82, 2.24) is 9.55 Å². The molecule has 2 rings (SSSR count). The Balaban J connectivity index is 2.18. The van der Waals surface area contributed by atoms with Crippen molar-refractivity contribution in [3.8, 4) is 0 Å². The zero-order valence-electron chi connectivity index (χ0n) is 9.91. The molecule has 0 fully saturated rings. The smallest absolute Gasteiger partial charge is 0.307 e. The predicted molar refractivity (Wildman–Crippen MR) is 73.1 cm³/mol. The zero-order valence-corrected chi connectivity index (χ0v) is 11.5. The number of aromatic nitrogens is 2. The number of aliphatic carboxylic acids is 1. The molecule has 0 saturated heterocycles. The van der Waals surface area contributed by atoms with Gasteiger partial charge in [0, 0.05) is 6.20 Å². The molecule has 0 aliphatic heterocycles. The van der Waals surface area contributed by atoms with E-state index in [-0.39, 0.29) is 12.0 Å². The maximum absolute atomic E-state index is 11.8. The first-order valence-corrected chi connectivity index (χ1v) is 6.35. The Morgan fingerprint density at radius 2 is 1.89 bits per heavy atom. The summed E-state index contributed by atoms with van der Waals surface area (Å²) in [5.74, 6) is -0.861. The van der Waals surface area contributed by atoms with E-state index in [1.807, 2.05) is 12.1 Å². The number of rotatable bonds is 4. The van der Waals surface area contributed by atoms with Gasteiger partial charge >= 0.3 is 5.97 Å². The van der Waals surface area contributed by atoms with E-state index in [1.165, 1.54) is 17.1 Å². The fraction of sp³-hybridized carbons (Fsp3) is 0.154. The third-order valence-corrected chi connectivity index (χ3v) is 3.13. The van der Waals surface area contributed by atoms with Crippen LogP contribution in [-0.4, -0.2) is 20.6 Å². The molecule has 0 spiro atoms. The molecule has 1 aromatic heterocycles. The summed E-state index contributed by atoms with van der Waals surface area (Å²) in [5.41, 5.74) is 1.50. The Labute approximate surface area is 117 Å². The van der Waals surface area contributed by atoms with E-state index in [4.69, 9.17) is 5.11 Å². The quantitative estimate of drug-likeness (QED) is 0.929. The topological polar surface area (TPSA) is 72.2 Å². The van der Waals surface area contributed by atoms with Crippen LogP contribution in [0.3, 0.4) is 0 Å². The number of carboxylic acids is 1. The lowest BCUT2D eigenvalue weighted by molar-refractivity contribution is -0.136. The maximum atomic E-state index is 11.8. The van der Waals surface area contributed by atoms with Crippen LogP contribution in [0.25, 0.3) is 0 Å². The summed E-state index contributed by atoms with van der Waals surface area (Å²) < 4.78 is 1.90. The second kappa shape index (κ2) is 5.79. The Morgan fingerprint density at radius 3 is 2.53 bits per heavy atom. The van der Waals surface area contributed by atoms with Gasteiger partial charge in [-0.05, 0) is 27.1 Å². The minimum atomic E-state index is -0.861. The largest absolute Gasteiger partial charge is 0.481 e. The highest BCUT2D eigenvalue weighted by Crippen LogP contribution is 2.07. The van der Waals surface area contributed by atoms with Crippen molar-refractivity contribution in [1.29, 1.82) is 0 Å². The van der Waals surface area contributed by atoms with Crippen LogP contribution in [0.5, 0.6) is 0 Å². The van der Waals surface area contributed by atoms with Gasteiger partial charge in [-0.25, -0.2) is 4.98 Å². The van der Waals surface area contributed by atoms with E-state index >= 15 is 0 Å². The number of hydrogen-bond acceptors (Lipinski definition) is 3. The molecule has 0 atom stereocenters. The van der Waals surface area contributed by atoms with Crippen molar-refractivity contribution in [2.24, 2.45) is 0 Å². The van der Waals surface area contributed by atoms with Gasteiger partial charge in [-0.1, -0.05) is 24.3 Å². The molecule has 0 radical (unpaired) electrons. The fourth-order valence-corrected chi connectivity index (χ4v) is 2.02. The van der Waals surface area contributed by atoms with Gasteiger partial charge in [0.25, 0.3) is 5.56 Å². The molecular formula is C13H11BrN2O3. The molecule has 0 aliphatic rings. The number of halogens is 1. The monoisotopic (exact) mass is 322 g/mol. The van der Waals surface area contributed by atoms with Crippen LogP contribution in [0.15, 0.2) is 46.1 Å². The third-order valence-electron chi connectivity index (χ3n) is 2.59. The summed E-state index contributed by atoms with van der Waals surface area (Å²) in [5, 5.41) is 8.68. The van der Waals surface area contributed by atoms with Crippen LogP contribution in [0.1, 0.15) is 11.1 Å². The summed E-state index contributed by atoms with van der Waals surface area (Å²) in [6.45, 7) is 0.401. The van der Waals surface area contributed by atoms with Gasteiger partial charge in [-0.2, -0.15) is 0 Å². The minimum absolute atomic E-state index is 0.00132. The molecule has 98 valence electrons. The molecule has 0 aliphatic carbocycles. The van der Waals surface area contributed by atoms with Gasteiger partial charge in [-0.3, -0.25) is 14.2 Å². The Hall–Kier alpha value is -1.95. The van der Waals surface area contributed by atoms with E-state index < -0.39 is 5.97 Å². The number of hydrogen-bond donors (Lipinski definition) is 1. The molecule has 19 heavy (non-hydrogen) atoms. The zero-order chi connectivity index (χ0) is 13.8. The van der Waals surface area contributed by atoms with Gasteiger partial charge in [0.1, 0.15) is 4.47 Å². The van der Waals surface area contributed by atoms with Gasteiger partial charge in [-0.15, -0.1) is 0 Å². The summed E-state index contributed by atoms with van der Waals surface area (Å²) in [6, 6.07) is 7.12. The maximum Gasteiger partial charge on any atom is 0.307 e. The van der Waals surface area contributed by atoms with Gasteiger partial charge < -0.3 is 5.11 Å². The minimum Gasteiger partial charge on any atom is -0.481 e. The van der Waals surface area contributed by atoms with Gasteiger partial charge in [0.05, 0.1) is 19.3 Å². The summed E-state index contributed by atoms with van der Waals surface area (Å²) in [4.78, 5) is 26.3. The molecule has 0 amide bonds. The molecule has 2 aromatic rings. The normalized spacial score (nSPS) is 10.4. The first-order valence-electron chi connectivity index (χ1n) is 5.56. The van der Waals surface area contributed by atoms with Crippen molar-refractivity contribution in [3.05, 3.63) is 62.7 Å². The van der Waals surface area contributed by atoms with Crippen molar-refractivity contribution in [2.45, 2.75) is 13.0 Å². The third kappa shape index (κ3) is 3.51. The highest BCUT2D eigenvalue weighted by molar-refractivity contribution is 9.10. The van der Waals surface area contributed by atoms with Crippen LogP contribution in [-0.2, 0) is 17.8 Å². The van der Waals surface area contributed by atoms with E-state index in [0.29, 0.717) is 11.0 Å². The second-order valence-corrected chi connectivity index (χ2v) is 4.92. The van der Waals surface area contributed by atoms with Crippen LogP contribution >= 0.6 is 15.9 Å². The second-order valence-electron chi connectivity index (χ2n) is 4.06. The highest BCUT2D eigenvalue weighted by Gasteiger charge is 2.03. The molecule has 1 N–H and O–H groups in total. The average molecular weight is 323 g/mol. The van der Waals surface area contributed by atoms with E-state index in [9.17, 15) is 9.59 Å². The molecule has 0 unspecified atom stereocenters. The lowest BCUT2D eigenvalue weighted by Gasteiger charge is -2.06. The first kappa shape index (κ1) is 13.5. The molecule has 6 heteroatoms. The van der Waals surface area contributed by atoms with E-state index in [0.717, 1.165) is 11.1 Å². The number of carbonyl (C=O) groups is 1. The molecule has 5 nitrogen and oxygen atoms in total. The van der Waals surface area contributed by atoms with Crippen LogP contribution in [0.2, 0.25) is 0 Å². The number of benzene rings is 1. The van der Waals surface area contributed by atoms with Gasteiger partial charge in [0.15, 0.2) is 0 Å². The summed E-state index contributed by atoms with van der Waals surface area (Å²) in [6.07, 6.45) is 2.92. The Kier molecular flexibility index (Phi) is 4.11. The van der Waals surface area contributed by atoms with Crippen molar-refractivity contribution >= 4 is 21.9 Å². The standard InChI is InChI=1S/C13H11BrN2O3/c14-11-6-15-8-16(13(11)19)7-10-3-1-9(2-4-10)5-12(17)18/h1-4,6,8H,5,7H2,(H,17,18). The number of nitrogens with zero attached hydrogens (tertiary/aromatic N) is 2. The fourth-order valence-electron chi connectivity index (χ4n) is 1.67. The lowest BCUT2D eigenvalue weighted by Crippen LogP contribution is -2.21. The summed E-state index contributed by atoms with van der Waals surface area (Å²) in [7, 11) is 0. The van der Waals surface area contributed by atoms with E-state index in [2.05, 4.69) is 20.9 Å². The molecule has 0 saturated carbocycles. The first-order chi connectivity index (χ1) is 9.06. The predicted octanol–water partition coefficient (Wildman–Crippen LogP) is 1.68. The molecule has 1 heterocycles. The lowest BCUT2D eigenvalue weighted by atomic mass is 10.1. The molecular weight excluding hydrogens is 312 g/mol. The van der Waals surface area contributed by atoms with Crippen molar-refractivity contribution < 1.29 is 9.90 Å². The Morgan fingerprint density at radius 1 is 1.26 bits per heavy atom.